The van der Waals surface area contributed by atoms with E-state index in [-0.39, 0.29) is 11.4 Å². The number of esters is 1. The van der Waals surface area contributed by atoms with Crippen LogP contribution in [0, 0.1) is 5.82 Å². The molecule has 0 aliphatic carbocycles. The fraction of sp³-hybridized carbons (Fsp3) is 0.167. The second-order valence-corrected chi connectivity index (χ2v) is 3.45. The minimum absolute atomic E-state index is 0.285. The molecule has 0 spiro atoms. The Hall–Kier alpha value is -2.17. The van der Waals surface area contributed by atoms with Crippen LogP contribution in [0.1, 0.15) is 10.4 Å². The van der Waals surface area contributed by atoms with Crippen LogP contribution in [0.3, 0.4) is 0 Å². The number of pyridine rings is 1. The molecule has 2 rings (SSSR count). The largest absolute Gasteiger partial charge is 0.465 e. The fourth-order valence-corrected chi connectivity index (χ4v) is 1.70. The first-order valence-corrected chi connectivity index (χ1v) is 5.01. The van der Waals surface area contributed by atoms with Gasteiger partial charge in [-0.1, -0.05) is 0 Å². The third kappa shape index (κ3) is 1.91. The Morgan fingerprint density at radius 3 is 2.88 bits per heavy atom. The van der Waals surface area contributed by atoms with Crippen LogP contribution in [0.25, 0.3) is 10.9 Å². The Morgan fingerprint density at radius 2 is 2.24 bits per heavy atom. The third-order valence-corrected chi connectivity index (χ3v) is 2.49. The molecule has 1 aromatic heterocycles. The summed E-state index contributed by atoms with van der Waals surface area (Å²) < 4.78 is 17.8. The lowest BCUT2D eigenvalue weighted by molar-refractivity contribution is 0.0601. The van der Waals surface area contributed by atoms with E-state index in [1.165, 1.54) is 25.4 Å². The van der Waals surface area contributed by atoms with Gasteiger partial charge >= 0.3 is 5.97 Å². The number of nitrogens with zero attached hydrogens (tertiary/aromatic N) is 1. The highest BCUT2D eigenvalue weighted by atomic mass is 19.1. The molecular weight excluding hydrogens is 223 g/mol. The number of benzene rings is 1. The van der Waals surface area contributed by atoms with Crippen LogP contribution in [-0.2, 0) is 4.74 Å². The first-order valence-electron chi connectivity index (χ1n) is 5.01. The summed E-state index contributed by atoms with van der Waals surface area (Å²) in [6.07, 6.45) is 1.41. The predicted octanol–water partition coefficient (Wildman–Crippen LogP) is 2.20. The Balaban J connectivity index is 2.76. The standard InChI is InChI=1S/C12H11FN2O2/c1-14-11-8-5-7(13)3-4-10(8)15-6-9(11)12(16)17-2/h3-6H,1-2H3,(H,14,15). The Kier molecular flexibility index (Phi) is 2.91. The lowest BCUT2D eigenvalue weighted by Gasteiger charge is -2.10. The van der Waals surface area contributed by atoms with E-state index in [0.29, 0.717) is 16.6 Å². The number of ether oxygens (including phenoxy) is 1. The molecule has 5 heteroatoms. The molecule has 0 atom stereocenters. The van der Waals surface area contributed by atoms with Crippen molar-refractivity contribution in [2.24, 2.45) is 0 Å². The van der Waals surface area contributed by atoms with E-state index in [1.54, 1.807) is 13.1 Å². The number of fused-ring (bicyclic) bond motifs is 1. The van der Waals surface area contributed by atoms with E-state index in [4.69, 9.17) is 0 Å². The Labute approximate surface area is 97.4 Å². The number of hydrogen-bond donors (Lipinski definition) is 1. The number of rotatable bonds is 2. The SMILES string of the molecule is CNc1c(C(=O)OC)cnc2ccc(F)cc12. The molecule has 0 amide bonds. The molecule has 0 aliphatic rings. The van der Waals surface area contributed by atoms with E-state index in [9.17, 15) is 9.18 Å². The summed E-state index contributed by atoms with van der Waals surface area (Å²) in [6, 6.07) is 4.22. The molecule has 0 unspecified atom stereocenters. The van der Waals surface area contributed by atoms with Crippen LogP contribution in [0.4, 0.5) is 10.1 Å². The van der Waals surface area contributed by atoms with Crippen molar-refractivity contribution >= 4 is 22.6 Å². The van der Waals surface area contributed by atoms with Crippen LogP contribution in [0.5, 0.6) is 0 Å². The molecule has 0 aliphatic heterocycles. The molecule has 17 heavy (non-hydrogen) atoms. The van der Waals surface area contributed by atoms with Gasteiger partial charge in [-0.15, -0.1) is 0 Å². The van der Waals surface area contributed by atoms with E-state index in [2.05, 4.69) is 15.0 Å². The Morgan fingerprint density at radius 1 is 1.47 bits per heavy atom. The number of halogens is 1. The number of carbonyl (C=O) groups excluding carboxylic acids is 1. The maximum absolute atomic E-state index is 13.2. The second kappa shape index (κ2) is 4.37. The summed E-state index contributed by atoms with van der Waals surface area (Å²) in [7, 11) is 2.95. The van der Waals surface area contributed by atoms with Crippen molar-refractivity contribution in [3.63, 3.8) is 0 Å². The van der Waals surface area contributed by atoms with E-state index < -0.39 is 5.97 Å². The van der Waals surface area contributed by atoms with Gasteiger partial charge in [-0.2, -0.15) is 0 Å². The number of nitrogens with one attached hydrogen (secondary N) is 1. The van der Waals surface area contributed by atoms with Crippen molar-refractivity contribution in [1.29, 1.82) is 0 Å². The minimum atomic E-state index is -0.506. The highest BCUT2D eigenvalue weighted by Crippen LogP contribution is 2.26. The maximum atomic E-state index is 13.2. The minimum Gasteiger partial charge on any atom is -0.465 e. The fourth-order valence-electron chi connectivity index (χ4n) is 1.70. The summed E-state index contributed by atoms with van der Waals surface area (Å²) in [5.41, 5.74) is 1.41. The van der Waals surface area contributed by atoms with Crippen LogP contribution in [-0.4, -0.2) is 25.1 Å². The van der Waals surface area contributed by atoms with Crippen molar-refractivity contribution in [2.75, 3.05) is 19.5 Å². The number of methoxy groups -OCH3 is 1. The average molecular weight is 234 g/mol. The lowest BCUT2D eigenvalue weighted by Crippen LogP contribution is -2.07. The average Bonchev–Trinajstić information content (AvgIpc) is 2.36. The van der Waals surface area contributed by atoms with Gasteiger partial charge in [0, 0.05) is 18.6 Å². The van der Waals surface area contributed by atoms with Crippen molar-refractivity contribution in [2.45, 2.75) is 0 Å². The third-order valence-electron chi connectivity index (χ3n) is 2.49. The highest BCUT2D eigenvalue weighted by molar-refractivity contribution is 6.04. The van der Waals surface area contributed by atoms with Crippen molar-refractivity contribution in [1.82, 2.24) is 4.98 Å². The molecule has 88 valence electrons. The molecule has 0 bridgehead atoms. The first kappa shape index (κ1) is 11.3. The van der Waals surface area contributed by atoms with E-state index >= 15 is 0 Å². The molecular formula is C12H11FN2O2. The van der Waals surface area contributed by atoms with Gasteiger partial charge in [-0.25, -0.2) is 9.18 Å². The van der Waals surface area contributed by atoms with Gasteiger partial charge in [0.1, 0.15) is 11.4 Å². The number of hydrogen-bond acceptors (Lipinski definition) is 4. The molecule has 0 fully saturated rings. The zero-order valence-corrected chi connectivity index (χ0v) is 9.45. The summed E-state index contributed by atoms with van der Waals surface area (Å²) in [6.45, 7) is 0. The molecule has 4 nitrogen and oxygen atoms in total. The zero-order valence-electron chi connectivity index (χ0n) is 9.45. The molecule has 1 aromatic carbocycles. The highest BCUT2D eigenvalue weighted by Gasteiger charge is 2.15. The van der Waals surface area contributed by atoms with Crippen LogP contribution in [0.2, 0.25) is 0 Å². The quantitative estimate of drug-likeness (QED) is 0.809. The second-order valence-electron chi connectivity index (χ2n) is 3.45. The van der Waals surface area contributed by atoms with Crippen molar-refractivity contribution < 1.29 is 13.9 Å². The monoisotopic (exact) mass is 234 g/mol. The molecule has 1 heterocycles. The van der Waals surface area contributed by atoms with Gasteiger partial charge in [-0.05, 0) is 18.2 Å². The molecule has 0 saturated heterocycles. The number of aromatic nitrogens is 1. The normalized spacial score (nSPS) is 10.3. The first-order chi connectivity index (χ1) is 8.17. The maximum Gasteiger partial charge on any atom is 0.341 e. The smallest absolute Gasteiger partial charge is 0.341 e. The van der Waals surface area contributed by atoms with Gasteiger partial charge in [-0.3, -0.25) is 4.98 Å². The zero-order chi connectivity index (χ0) is 12.4. The summed E-state index contributed by atoms with van der Waals surface area (Å²) in [5, 5.41) is 3.42. The lowest BCUT2D eigenvalue weighted by atomic mass is 10.1. The molecule has 2 aromatic rings. The summed E-state index contributed by atoms with van der Waals surface area (Å²) >= 11 is 0. The van der Waals surface area contributed by atoms with Crippen LogP contribution in [0.15, 0.2) is 24.4 Å². The number of carbonyl (C=O) groups is 1. The predicted molar refractivity (Wildman–Crippen MR) is 62.6 cm³/mol. The van der Waals surface area contributed by atoms with Gasteiger partial charge in [0.2, 0.25) is 0 Å². The van der Waals surface area contributed by atoms with Gasteiger partial charge in [0.15, 0.2) is 0 Å². The topological polar surface area (TPSA) is 51.2 Å². The molecule has 0 saturated carbocycles. The van der Waals surface area contributed by atoms with Gasteiger partial charge in [0.25, 0.3) is 0 Å². The number of anilines is 1. The van der Waals surface area contributed by atoms with Gasteiger partial charge < -0.3 is 10.1 Å². The van der Waals surface area contributed by atoms with Crippen molar-refractivity contribution in [3.8, 4) is 0 Å². The van der Waals surface area contributed by atoms with Crippen LogP contribution >= 0.6 is 0 Å². The van der Waals surface area contributed by atoms with Gasteiger partial charge in [0.05, 0.1) is 18.3 Å². The van der Waals surface area contributed by atoms with E-state index in [0.717, 1.165) is 0 Å². The van der Waals surface area contributed by atoms with Crippen LogP contribution < -0.4 is 5.32 Å². The Bertz CT molecular complexity index is 584. The summed E-state index contributed by atoms with van der Waals surface area (Å²) in [4.78, 5) is 15.6. The summed E-state index contributed by atoms with van der Waals surface area (Å²) in [5.74, 6) is -0.883. The van der Waals surface area contributed by atoms with Crippen molar-refractivity contribution in [3.05, 3.63) is 35.8 Å². The van der Waals surface area contributed by atoms with E-state index in [1.807, 2.05) is 0 Å². The molecule has 1 N–H and O–H groups in total. The molecule has 0 radical (unpaired) electrons.